The fraction of sp³-hybridized carbons (Fsp3) is 0.409. The molecule has 1 aliphatic rings. The molecule has 0 bridgehead atoms. The van der Waals surface area contributed by atoms with E-state index < -0.39 is 5.41 Å². The van der Waals surface area contributed by atoms with E-state index >= 15 is 0 Å². The van der Waals surface area contributed by atoms with Crippen molar-refractivity contribution in [1.29, 1.82) is 0 Å². The molecule has 0 aliphatic carbocycles. The summed E-state index contributed by atoms with van der Waals surface area (Å²) in [5.41, 5.74) is 7.40. The number of primary amides is 1. The van der Waals surface area contributed by atoms with E-state index in [1.807, 2.05) is 60.7 Å². The average molecular weight is 336 g/mol. The Balaban J connectivity index is 2.15. The zero-order valence-electron chi connectivity index (χ0n) is 15.4. The number of nitrogens with two attached hydrogens (primary N) is 1. The number of carbonyl (C=O) groups is 1. The summed E-state index contributed by atoms with van der Waals surface area (Å²) in [6.07, 6.45) is 0.962. The fourth-order valence-electron chi connectivity index (χ4n) is 4.25. The molecule has 0 saturated carbocycles. The summed E-state index contributed by atoms with van der Waals surface area (Å²) in [5.74, 6) is -0.0975. The standard InChI is InChI=1S/C22H28N2O/c1-21(2,3)24-15-14-19(16-24)22(20(23)25,17-10-6-4-7-11-17)18-12-8-5-9-13-18/h4-13,19H,14-16H2,1-3H3,(H2,23,25). The van der Waals surface area contributed by atoms with Gasteiger partial charge in [-0.05, 0) is 50.8 Å². The van der Waals surface area contributed by atoms with Gasteiger partial charge in [-0.1, -0.05) is 60.7 Å². The first-order chi connectivity index (χ1) is 11.9. The van der Waals surface area contributed by atoms with Gasteiger partial charge in [-0.15, -0.1) is 0 Å². The molecule has 1 amide bonds. The van der Waals surface area contributed by atoms with Crippen molar-refractivity contribution in [1.82, 2.24) is 4.90 Å². The molecule has 2 N–H and O–H groups in total. The molecule has 2 aromatic carbocycles. The van der Waals surface area contributed by atoms with Gasteiger partial charge in [-0.3, -0.25) is 9.69 Å². The van der Waals surface area contributed by atoms with Crippen LogP contribution in [0.1, 0.15) is 38.3 Å². The van der Waals surface area contributed by atoms with Crippen molar-refractivity contribution >= 4 is 5.91 Å². The Morgan fingerprint density at radius 2 is 1.44 bits per heavy atom. The highest BCUT2D eigenvalue weighted by molar-refractivity contribution is 5.91. The van der Waals surface area contributed by atoms with Crippen LogP contribution in [-0.2, 0) is 10.2 Å². The molecule has 0 radical (unpaired) electrons. The van der Waals surface area contributed by atoms with Crippen LogP contribution in [0.2, 0.25) is 0 Å². The summed E-state index contributed by atoms with van der Waals surface area (Å²) in [6.45, 7) is 8.55. The van der Waals surface area contributed by atoms with Crippen LogP contribution in [0.3, 0.4) is 0 Å². The van der Waals surface area contributed by atoms with E-state index in [1.54, 1.807) is 0 Å². The second-order valence-electron chi connectivity index (χ2n) is 8.01. The molecule has 25 heavy (non-hydrogen) atoms. The van der Waals surface area contributed by atoms with Gasteiger partial charge in [0.05, 0.1) is 0 Å². The van der Waals surface area contributed by atoms with Crippen molar-refractivity contribution in [2.24, 2.45) is 11.7 Å². The molecule has 1 atom stereocenters. The molecule has 0 aromatic heterocycles. The lowest BCUT2D eigenvalue weighted by Gasteiger charge is -2.39. The van der Waals surface area contributed by atoms with Crippen LogP contribution in [0.25, 0.3) is 0 Å². The zero-order chi connectivity index (χ0) is 18.1. The van der Waals surface area contributed by atoms with Crippen LogP contribution in [0, 0.1) is 5.92 Å². The van der Waals surface area contributed by atoms with Crippen molar-refractivity contribution < 1.29 is 4.79 Å². The maximum Gasteiger partial charge on any atom is 0.232 e. The number of likely N-dealkylation sites (tertiary alicyclic amines) is 1. The third-order valence-electron chi connectivity index (χ3n) is 5.60. The quantitative estimate of drug-likeness (QED) is 0.927. The minimum Gasteiger partial charge on any atom is -0.369 e. The third-order valence-corrected chi connectivity index (χ3v) is 5.60. The van der Waals surface area contributed by atoms with Crippen LogP contribution < -0.4 is 5.73 Å². The lowest BCUT2D eigenvalue weighted by atomic mass is 9.64. The molecule has 1 aliphatic heterocycles. The largest absolute Gasteiger partial charge is 0.369 e. The van der Waals surface area contributed by atoms with Crippen molar-refractivity contribution in [2.45, 2.75) is 38.1 Å². The maximum atomic E-state index is 13.0. The molecule has 1 saturated heterocycles. The molecule has 3 heteroatoms. The monoisotopic (exact) mass is 336 g/mol. The Bertz CT molecular complexity index is 679. The van der Waals surface area contributed by atoms with Crippen molar-refractivity contribution in [3.05, 3.63) is 71.8 Å². The predicted molar refractivity (Wildman–Crippen MR) is 102 cm³/mol. The van der Waals surface area contributed by atoms with Gasteiger partial charge in [0.2, 0.25) is 5.91 Å². The number of hydrogen-bond donors (Lipinski definition) is 1. The second-order valence-corrected chi connectivity index (χ2v) is 8.01. The lowest BCUT2D eigenvalue weighted by Crippen LogP contribution is -2.50. The smallest absolute Gasteiger partial charge is 0.232 e. The third kappa shape index (κ3) is 3.09. The average Bonchev–Trinajstić information content (AvgIpc) is 3.08. The molecule has 3 rings (SSSR count). The summed E-state index contributed by atoms with van der Waals surface area (Å²) >= 11 is 0. The van der Waals surface area contributed by atoms with E-state index in [0.29, 0.717) is 0 Å². The van der Waals surface area contributed by atoms with Crippen molar-refractivity contribution in [2.75, 3.05) is 13.1 Å². The molecule has 1 heterocycles. The molecule has 1 unspecified atom stereocenters. The molecule has 2 aromatic rings. The van der Waals surface area contributed by atoms with Crippen molar-refractivity contribution in [3.63, 3.8) is 0 Å². The summed E-state index contributed by atoms with van der Waals surface area (Å²) in [7, 11) is 0. The van der Waals surface area contributed by atoms with Gasteiger partial charge in [-0.2, -0.15) is 0 Å². The number of benzene rings is 2. The number of nitrogens with zero attached hydrogens (tertiary/aromatic N) is 1. The highest BCUT2D eigenvalue weighted by Crippen LogP contribution is 2.44. The molecule has 1 fully saturated rings. The summed E-state index contributed by atoms with van der Waals surface area (Å²) < 4.78 is 0. The van der Waals surface area contributed by atoms with Crippen LogP contribution in [0.4, 0.5) is 0 Å². The predicted octanol–water partition coefficient (Wildman–Crippen LogP) is 3.58. The van der Waals surface area contributed by atoms with Crippen LogP contribution in [0.5, 0.6) is 0 Å². The van der Waals surface area contributed by atoms with E-state index in [0.717, 1.165) is 30.6 Å². The number of hydrogen-bond acceptors (Lipinski definition) is 2. The first-order valence-electron chi connectivity index (χ1n) is 9.03. The van der Waals surface area contributed by atoms with Crippen LogP contribution >= 0.6 is 0 Å². The first-order valence-corrected chi connectivity index (χ1v) is 9.03. The van der Waals surface area contributed by atoms with Crippen LogP contribution in [-0.4, -0.2) is 29.4 Å². The highest BCUT2D eigenvalue weighted by Gasteiger charge is 2.50. The van der Waals surface area contributed by atoms with Gasteiger partial charge in [0.15, 0.2) is 0 Å². The molecular formula is C22H28N2O. The maximum absolute atomic E-state index is 13.0. The Morgan fingerprint density at radius 3 is 1.80 bits per heavy atom. The fourth-order valence-corrected chi connectivity index (χ4v) is 4.25. The zero-order valence-corrected chi connectivity index (χ0v) is 15.4. The van der Waals surface area contributed by atoms with E-state index in [1.165, 1.54) is 0 Å². The lowest BCUT2D eigenvalue weighted by molar-refractivity contribution is -0.123. The summed E-state index contributed by atoms with van der Waals surface area (Å²) in [6, 6.07) is 20.1. The van der Waals surface area contributed by atoms with E-state index in [4.69, 9.17) is 5.73 Å². The van der Waals surface area contributed by atoms with E-state index in [-0.39, 0.29) is 17.4 Å². The Hall–Kier alpha value is -2.13. The highest BCUT2D eigenvalue weighted by atomic mass is 16.1. The topological polar surface area (TPSA) is 46.3 Å². The van der Waals surface area contributed by atoms with Gasteiger partial charge in [0, 0.05) is 12.1 Å². The second kappa shape index (κ2) is 6.64. The van der Waals surface area contributed by atoms with Crippen molar-refractivity contribution in [3.8, 4) is 0 Å². The SMILES string of the molecule is CC(C)(C)N1CCC(C(C(N)=O)(c2ccccc2)c2ccccc2)C1. The van der Waals surface area contributed by atoms with Crippen LogP contribution in [0.15, 0.2) is 60.7 Å². The van der Waals surface area contributed by atoms with E-state index in [2.05, 4.69) is 25.7 Å². The molecule has 132 valence electrons. The molecule has 0 spiro atoms. The van der Waals surface area contributed by atoms with E-state index in [9.17, 15) is 4.79 Å². The summed E-state index contributed by atoms with van der Waals surface area (Å²) in [4.78, 5) is 15.4. The van der Waals surface area contributed by atoms with Gasteiger partial charge in [0.25, 0.3) is 0 Å². The minimum absolute atomic E-state index is 0.0888. The molecule has 3 nitrogen and oxygen atoms in total. The van der Waals surface area contributed by atoms with Gasteiger partial charge in [-0.25, -0.2) is 0 Å². The first kappa shape index (κ1) is 17.7. The summed E-state index contributed by atoms with van der Waals surface area (Å²) in [5, 5.41) is 0. The minimum atomic E-state index is -0.789. The molecular weight excluding hydrogens is 308 g/mol. The number of rotatable bonds is 4. The Labute approximate surface area is 150 Å². The van der Waals surface area contributed by atoms with Gasteiger partial charge >= 0.3 is 0 Å². The number of carbonyl (C=O) groups excluding carboxylic acids is 1. The normalized spacial score (nSPS) is 19.1. The van der Waals surface area contributed by atoms with Gasteiger partial charge < -0.3 is 5.73 Å². The Kier molecular flexibility index (Phi) is 4.70. The number of amides is 1. The van der Waals surface area contributed by atoms with Gasteiger partial charge in [0.1, 0.15) is 5.41 Å². The Morgan fingerprint density at radius 1 is 0.960 bits per heavy atom.